The summed E-state index contributed by atoms with van der Waals surface area (Å²) in [5.74, 6) is -1.23. The number of ether oxygens (including phenoxy) is 2. The molecule has 0 heterocycles. The fourth-order valence-corrected chi connectivity index (χ4v) is 1.36. The Morgan fingerprint density at radius 1 is 1.39 bits per heavy atom. The molecular weight excluding hydrogens is 238 g/mol. The van der Waals surface area contributed by atoms with Crippen LogP contribution in [-0.2, 0) is 25.5 Å². The number of aromatic hydroxyl groups is 1. The molecule has 1 atom stereocenters. The minimum atomic E-state index is -1.06. The van der Waals surface area contributed by atoms with E-state index in [0.717, 1.165) is 6.40 Å². The molecule has 0 radical (unpaired) electrons. The number of nitrogens with two attached hydrogens (primary N) is 1. The first-order valence-electron chi connectivity index (χ1n) is 5.22. The van der Waals surface area contributed by atoms with Gasteiger partial charge in [-0.25, -0.2) is 10.2 Å². The van der Waals surface area contributed by atoms with Gasteiger partial charge in [0.1, 0.15) is 5.75 Å². The maximum atomic E-state index is 11.5. The van der Waals surface area contributed by atoms with Crippen LogP contribution in [0.4, 0.5) is 0 Å². The maximum Gasteiger partial charge on any atom is 0.356 e. The van der Waals surface area contributed by atoms with Crippen molar-refractivity contribution in [3.05, 3.63) is 29.8 Å². The molecule has 0 amide bonds. The minimum Gasteiger partial charge on any atom is -0.508 e. The molecule has 0 aromatic heterocycles. The smallest absolute Gasteiger partial charge is 0.356 e. The third-order valence-corrected chi connectivity index (χ3v) is 2.11. The van der Waals surface area contributed by atoms with E-state index in [1.54, 1.807) is 12.1 Å². The Morgan fingerprint density at radius 2 is 2.00 bits per heavy atom. The SMILES string of the molecule is CC(=O)OC(Cc1ccc(O)cc1)C(=O)OC=[NH2+]. The van der Waals surface area contributed by atoms with E-state index in [1.165, 1.54) is 19.1 Å². The highest BCUT2D eigenvalue weighted by Gasteiger charge is 2.23. The highest BCUT2D eigenvalue weighted by molar-refractivity contribution is 5.83. The van der Waals surface area contributed by atoms with E-state index in [9.17, 15) is 9.59 Å². The predicted octanol–water partition coefficient (Wildman–Crippen LogP) is -0.803. The second kappa shape index (κ2) is 6.39. The van der Waals surface area contributed by atoms with Gasteiger partial charge in [-0.3, -0.25) is 4.79 Å². The highest BCUT2D eigenvalue weighted by atomic mass is 16.6. The number of hydrogen-bond acceptors (Lipinski definition) is 5. The van der Waals surface area contributed by atoms with Crippen LogP contribution < -0.4 is 5.41 Å². The lowest BCUT2D eigenvalue weighted by Gasteiger charge is -2.13. The molecule has 6 nitrogen and oxygen atoms in total. The first kappa shape index (κ1) is 13.7. The van der Waals surface area contributed by atoms with Crippen LogP contribution in [-0.4, -0.2) is 29.5 Å². The number of esters is 2. The quantitative estimate of drug-likeness (QED) is 0.406. The van der Waals surface area contributed by atoms with Crippen molar-refractivity contribution in [2.45, 2.75) is 19.4 Å². The molecule has 0 saturated carbocycles. The molecule has 0 aliphatic rings. The zero-order valence-electron chi connectivity index (χ0n) is 9.83. The van der Waals surface area contributed by atoms with Gasteiger partial charge in [-0.15, -0.1) is 0 Å². The molecular formula is C12H14NO5+. The van der Waals surface area contributed by atoms with E-state index in [-0.39, 0.29) is 12.2 Å². The van der Waals surface area contributed by atoms with Gasteiger partial charge < -0.3 is 14.6 Å². The van der Waals surface area contributed by atoms with Crippen molar-refractivity contribution in [2.75, 3.05) is 0 Å². The lowest BCUT2D eigenvalue weighted by atomic mass is 10.1. The van der Waals surface area contributed by atoms with Gasteiger partial charge >= 0.3 is 18.3 Å². The van der Waals surface area contributed by atoms with Gasteiger partial charge in [0.2, 0.25) is 6.10 Å². The molecule has 0 aliphatic carbocycles. The van der Waals surface area contributed by atoms with E-state index >= 15 is 0 Å². The van der Waals surface area contributed by atoms with Gasteiger partial charge in [-0.1, -0.05) is 12.1 Å². The maximum absolute atomic E-state index is 11.5. The summed E-state index contributed by atoms with van der Waals surface area (Å²) in [6, 6.07) is 6.18. The first-order valence-corrected chi connectivity index (χ1v) is 5.22. The number of carbonyl (C=O) groups is 2. The lowest BCUT2D eigenvalue weighted by molar-refractivity contribution is -0.168. The van der Waals surface area contributed by atoms with Crippen LogP contribution in [0.3, 0.4) is 0 Å². The summed E-state index contributed by atoms with van der Waals surface area (Å²) in [6.07, 6.45) is -0.186. The van der Waals surface area contributed by atoms with Crippen LogP contribution in [0.2, 0.25) is 0 Å². The van der Waals surface area contributed by atoms with E-state index in [1.807, 2.05) is 0 Å². The molecule has 3 N–H and O–H groups in total. The average molecular weight is 252 g/mol. The lowest BCUT2D eigenvalue weighted by Crippen LogP contribution is -2.37. The topological polar surface area (TPSA) is 98.4 Å². The van der Waals surface area contributed by atoms with Crippen LogP contribution in [0, 0.1) is 0 Å². The number of hydrogen-bond donors (Lipinski definition) is 2. The van der Waals surface area contributed by atoms with Crippen molar-refractivity contribution in [1.82, 2.24) is 0 Å². The van der Waals surface area contributed by atoms with E-state index in [2.05, 4.69) is 4.74 Å². The molecule has 1 aromatic carbocycles. The summed E-state index contributed by atoms with van der Waals surface area (Å²) in [5.41, 5.74) is 0.716. The van der Waals surface area contributed by atoms with Gasteiger partial charge in [0, 0.05) is 13.3 Å². The number of benzene rings is 1. The fourth-order valence-electron chi connectivity index (χ4n) is 1.36. The molecule has 96 valence electrons. The van der Waals surface area contributed by atoms with Gasteiger partial charge in [0.15, 0.2) is 0 Å². The van der Waals surface area contributed by atoms with Gasteiger partial charge in [-0.2, -0.15) is 0 Å². The fraction of sp³-hybridized carbons (Fsp3) is 0.250. The van der Waals surface area contributed by atoms with Gasteiger partial charge in [-0.05, 0) is 17.7 Å². The van der Waals surface area contributed by atoms with Crippen LogP contribution in [0.25, 0.3) is 0 Å². The summed E-state index contributed by atoms with van der Waals surface area (Å²) in [5, 5.41) is 14.1. The Kier molecular flexibility index (Phi) is 4.86. The second-order valence-electron chi connectivity index (χ2n) is 3.54. The zero-order chi connectivity index (χ0) is 13.5. The number of carbonyl (C=O) groups excluding carboxylic acids is 2. The molecule has 0 saturated heterocycles. The Morgan fingerprint density at radius 3 is 2.50 bits per heavy atom. The molecule has 1 aromatic rings. The van der Waals surface area contributed by atoms with Gasteiger partial charge in [0.05, 0.1) is 0 Å². The van der Waals surface area contributed by atoms with Crippen LogP contribution >= 0.6 is 0 Å². The summed E-state index contributed by atoms with van der Waals surface area (Å²) in [4.78, 5) is 22.4. The predicted molar refractivity (Wildman–Crippen MR) is 61.4 cm³/mol. The van der Waals surface area contributed by atoms with Crippen molar-refractivity contribution in [1.29, 1.82) is 0 Å². The van der Waals surface area contributed by atoms with E-state index in [4.69, 9.17) is 15.3 Å². The third kappa shape index (κ3) is 4.25. The van der Waals surface area contributed by atoms with Gasteiger partial charge in [0.25, 0.3) is 0 Å². The summed E-state index contributed by atoms with van der Waals surface area (Å²) in [6.45, 7) is 1.20. The Balaban J connectivity index is 2.77. The molecule has 0 aliphatic heterocycles. The van der Waals surface area contributed by atoms with Crippen molar-refractivity contribution < 1.29 is 29.6 Å². The number of phenols is 1. The molecule has 1 rings (SSSR count). The summed E-state index contributed by atoms with van der Waals surface area (Å²) < 4.78 is 9.34. The molecule has 0 fully saturated rings. The Labute approximate surface area is 104 Å². The largest absolute Gasteiger partial charge is 0.508 e. The van der Waals surface area contributed by atoms with E-state index < -0.39 is 18.0 Å². The minimum absolute atomic E-state index is 0.112. The van der Waals surface area contributed by atoms with E-state index in [0.29, 0.717) is 5.56 Å². The van der Waals surface area contributed by atoms with Crippen LogP contribution in [0.1, 0.15) is 12.5 Å². The highest BCUT2D eigenvalue weighted by Crippen LogP contribution is 2.13. The summed E-state index contributed by atoms with van der Waals surface area (Å²) >= 11 is 0. The molecule has 0 bridgehead atoms. The average Bonchev–Trinajstić information content (AvgIpc) is 2.31. The van der Waals surface area contributed by atoms with Crippen molar-refractivity contribution in [3.8, 4) is 5.75 Å². The van der Waals surface area contributed by atoms with Crippen LogP contribution in [0.15, 0.2) is 24.3 Å². The van der Waals surface area contributed by atoms with Crippen molar-refractivity contribution in [2.24, 2.45) is 0 Å². The summed E-state index contributed by atoms with van der Waals surface area (Å²) in [7, 11) is 0. The normalized spacial score (nSPS) is 11.4. The zero-order valence-corrected chi connectivity index (χ0v) is 9.83. The van der Waals surface area contributed by atoms with Crippen molar-refractivity contribution in [3.63, 3.8) is 0 Å². The standard InChI is InChI=1S/C12H13NO5/c1-8(14)18-11(12(16)17-7-13)6-9-2-4-10(15)5-3-9/h2-5,7,11,13,15H,6H2,1H3/p+1. The van der Waals surface area contributed by atoms with Crippen LogP contribution in [0.5, 0.6) is 5.75 Å². The third-order valence-electron chi connectivity index (χ3n) is 2.11. The van der Waals surface area contributed by atoms with Crippen molar-refractivity contribution >= 4 is 18.3 Å². The number of phenolic OH excluding ortho intramolecular Hbond substituents is 1. The molecule has 1 unspecified atom stereocenters. The molecule has 18 heavy (non-hydrogen) atoms. The Hall–Kier alpha value is -2.37. The Bertz CT molecular complexity index is 440. The number of rotatable bonds is 5. The monoisotopic (exact) mass is 252 g/mol. The first-order chi connectivity index (χ1) is 8.52. The second-order valence-corrected chi connectivity index (χ2v) is 3.54. The molecule has 0 spiro atoms. The molecule has 6 heteroatoms.